The maximum absolute atomic E-state index is 13.7. The van der Waals surface area contributed by atoms with Crippen LogP contribution in [0.5, 0.6) is 0 Å². The molecule has 1 aliphatic carbocycles. The summed E-state index contributed by atoms with van der Waals surface area (Å²) >= 11 is 9.19. The number of hydrogen-bond donors (Lipinski definition) is 0. The van der Waals surface area contributed by atoms with E-state index in [4.69, 9.17) is 16.6 Å². The van der Waals surface area contributed by atoms with E-state index in [0.717, 1.165) is 41.3 Å². The number of amides is 1. The fraction of sp³-hybridized carbons (Fsp3) is 0.304. The molecule has 0 radical (unpaired) electrons. The molecule has 8 heteroatoms. The van der Waals surface area contributed by atoms with E-state index >= 15 is 0 Å². The van der Waals surface area contributed by atoms with Crippen molar-refractivity contribution in [2.24, 2.45) is 4.99 Å². The van der Waals surface area contributed by atoms with Crippen molar-refractivity contribution in [3.05, 3.63) is 63.2 Å². The Morgan fingerprint density at radius 2 is 1.81 bits per heavy atom. The Morgan fingerprint density at radius 3 is 2.55 bits per heavy atom. The number of amidine groups is 1. The molecule has 160 valence electrons. The molecule has 4 nitrogen and oxygen atoms in total. The molecule has 31 heavy (non-hydrogen) atoms. The molecule has 0 unspecified atom stereocenters. The highest BCUT2D eigenvalue weighted by Gasteiger charge is 2.42. The van der Waals surface area contributed by atoms with Crippen LogP contribution in [0, 0.1) is 5.82 Å². The van der Waals surface area contributed by atoms with Gasteiger partial charge in [-0.15, -0.1) is 0 Å². The molecule has 2 aliphatic heterocycles. The summed E-state index contributed by atoms with van der Waals surface area (Å²) in [7, 11) is 1.96. The van der Waals surface area contributed by atoms with Gasteiger partial charge in [0.2, 0.25) is 0 Å². The predicted octanol–water partition coefficient (Wildman–Crippen LogP) is 6.79. The van der Waals surface area contributed by atoms with Gasteiger partial charge in [0.05, 0.1) is 16.4 Å². The molecule has 0 aromatic heterocycles. The lowest BCUT2D eigenvalue weighted by Crippen LogP contribution is -2.40. The Labute approximate surface area is 194 Å². The number of anilines is 1. The molecule has 2 fully saturated rings. The van der Waals surface area contributed by atoms with E-state index in [0.29, 0.717) is 20.8 Å². The van der Waals surface area contributed by atoms with Crippen LogP contribution in [0.2, 0.25) is 5.02 Å². The zero-order valence-electron chi connectivity index (χ0n) is 17.0. The number of hydrogen-bond acceptors (Lipinski definition) is 5. The predicted molar refractivity (Wildman–Crippen MR) is 128 cm³/mol. The second-order valence-electron chi connectivity index (χ2n) is 7.85. The average molecular weight is 474 g/mol. The molecule has 2 aromatic carbocycles. The summed E-state index contributed by atoms with van der Waals surface area (Å²) in [5.74, 6) is -0.294. The number of thioether (sulfide) groups is 2. The maximum Gasteiger partial charge on any atom is 0.269 e. The minimum Gasteiger partial charge on any atom is -0.337 e. The van der Waals surface area contributed by atoms with Crippen LogP contribution in [0.4, 0.5) is 15.8 Å². The van der Waals surface area contributed by atoms with E-state index in [1.165, 1.54) is 30.3 Å². The Hall–Kier alpha value is -1.96. The first-order valence-electron chi connectivity index (χ1n) is 10.3. The van der Waals surface area contributed by atoms with Gasteiger partial charge in [-0.1, -0.05) is 42.6 Å². The molecule has 3 aliphatic rings. The number of carbonyl (C=O) groups is 1. The van der Waals surface area contributed by atoms with Crippen molar-refractivity contribution < 1.29 is 9.18 Å². The number of nitrogens with zero attached hydrogens (tertiary/aromatic N) is 3. The highest BCUT2D eigenvalue weighted by molar-refractivity contribution is 8.19. The molecule has 0 N–H and O–H groups in total. The van der Waals surface area contributed by atoms with Gasteiger partial charge in [0.25, 0.3) is 5.91 Å². The Morgan fingerprint density at radius 1 is 1.06 bits per heavy atom. The first kappa shape index (κ1) is 20.9. The molecule has 0 atom stereocenters. The highest BCUT2D eigenvalue weighted by Crippen LogP contribution is 2.51. The van der Waals surface area contributed by atoms with E-state index in [9.17, 15) is 9.18 Å². The Bertz CT molecular complexity index is 1100. The van der Waals surface area contributed by atoms with Crippen molar-refractivity contribution >= 4 is 57.6 Å². The fourth-order valence-corrected chi connectivity index (χ4v) is 6.75. The molecule has 0 bridgehead atoms. The fourth-order valence-electron chi connectivity index (χ4n) is 4.20. The third kappa shape index (κ3) is 3.99. The number of rotatable bonds is 2. The lowest BCUT2D eigenvalue weighted by molar-refractivity contribution is -0.124. The van der Waals surface area contributed by atoms with Crippen LogP contribution in [0.25, 0.3) is 0 Å². The van der Waals surface area contributed by atoms with Crippen LogP contribution in [-0.2, 0) is 4.79 Å². The second kappa shape index (κ2) is 8.52. The monoisotopic (exact) mass is 473 g/mol. The minimum atomic E-state index is -0.300. The smallest absolute Gasteiger partial charge is 0.269 e. The van der Waals surface area contributed by atoms with E-state index < -0.39 is 0 Å². The van der Waals surface area contributed by atoms with Crippen molar-refractivity contribution in [3.63, 3.8) is 0 Å². The number of halogens is 2. The summed E-state index contributed by atoms with van der Waals surface area (Å²) in [6.45, 7) is 0. The molecule has 1 saturated heterocycles. The van der Waals surface area contributed by atoms with Gasteiger partial charge in [-0.25, -0.2) is 9.38 Å². The number of fused-ring (bicyclic) bond motifs is 1. The first-order chi connectivity index (χ1) is 15.0. The molecular formula is C23H21ClFN3OS2. The lowest BCUT2D eigenvalue weighted by atomic mass is 9.94. The maximum atomic E-state index is 13.7. The molecule has 5 rings (SSSR count). The topological polar surface area (TPSA) is 35.9 Å². The minimum absolute atomic E-state index is 0.00557. The van der Waals surface area contributed by atoms with Crippen LogP contribution < -0.4 is 4.90 Å². The molecule has 1 saturated carbocycles. The Kier molecular flexibility index (Phi) is 5.75. The van der Waals surface area contributed by atoms with Crippen LogP contribution in [0.1, 0.15) is 32.1 Å². The number of aliphatic imine (C=N–C) groups is 1. The van der Waals surface area contributed by atoms with E-state index in [1.54, 1.807) is 23.9 Å². The number of carbonyl (C=O) groups excluding carboxylic acids is 1. The van der Waals surface area contributed by atoms with Crippen LogP contribution in [-0.4, -0.2) is 29.1 Å². The van der Waals surface area contributed by atoms with Crippen LogP contribution in [0.15, 0.2) is 62.3 Å². The quantitative estimate of drug-likeness (QED) is 0.450. The summed E-state index contributed by atoms with van der Waals surface area (Å²) in [4.78, 5) is 24.1. The molecular weight excluding hydrogens is 453 g/mol. The molecule has 2 heterocycles. The van der Waals surface area contributed by atoms with E-state index in [2.05, 4.69) is 0 Å². The van der Waals surface area contributed by atoms with Crippen molar-refractivity contribution in [2.45, 2.75) is 43.0 Å². The normalized spacial score (nSPS) is 23.2. The summed E-state index contributed by atoms with van der Waals surface area (Å²) in [6.07, 6.45) is 5.41. The zero-order chi connectivity index (χ0) is 21.5. The van der Waals surface area contributed by atoms with Gasteiger partial charge in [-0.05, 0) is 67.1 Å². The highest BCUT2D eigenvalue weighted by atomic mass is 35.5. The van der Waals surface area contributed by atoms with Gasteiger partial charge >= 0.3 is 0 Å². The SMILES string of the molecule is CN1C(=C2SC(=Nc3ccc(F)cc3)N(C3CCCCC3)C2=O)Sc2ccc(Cl)cc21. The Balaban J connectivity index is 1.55. The summed E-state index contributed by atoms with van der Waals surface area (Å²) < 4.78 is 13.4. The van der Waals surface area contributed by atoms with Crippen molar-refractivity contribution in [1.82, 2.24) is 4.90 Å². The lowest BCUT2D eigenvalue weighted by Gasteiger charge is -2.30. The second-order valence-corrected chi connectivity index (χ2v) is 10.3. The van der Waals surface area contributed by atoms with Gasteiger partial charge in [0.1, 0.15) is 10.7 Å². The molecule has 0 spiro atoms. The molecule has 2 aromatic rings. The first-order valence-corrected chi connectivity index (χ1v) is 12.3. The summed E-state index contributed by atoms with van der Waals surface area (Å²) in [6, 6.07) is 12.0. The van der Waals surface area contributed by atoms with E-state index in [1.807, 2.05) is 35.0 Å². The van der Waals surface area contributed by atoms with Crippen LogP contribution >= 0.6 is 35.1 Å². The third-order valence-corrected chi connectivity index (χ3v) is 8.43. The third-order valence-electron chi connectivity index (χ3n) is 5.79. The van der Waals surface area contributed by atoms with E-state index in [-0.39, 0.29) is 17.8 Å². The zero-order valence-corrected chi connectivity index (χ0v) is 19.4. The molecule has 1 amide bonds. The average Bonchev–Trinajstić information content (AvgIpc) is 3.26. The number of benzene rings is 2. The van der Waals surface area contributed by atoms with Gasteiger partial charge in [0.15, 0.2) is 5.17 Å². The summed E-state index contributed by atoms with van der Waals surface area (Å²) in [5.41, 5.74) is 1.65. The summed E-state index contributed by atoms with van der Waals surface area (Å²) in [5, 5.41) is 2.25. The van der Waals surface area contributed by atoms with Gasteiger partial charge in [0, 0.05) is 23.0 Å². The largest absolute Gasteiger partial charge is 0.337 e. The van der Waals surface area contributed by atoms with Crippen LogP contribution in [0.3, 0.4) is 0 Å². The van der Waals surface area contributed by atoms with Gasteiger partial charge in [-0.3, -0.25) is 9.69 Å². The van der Waals surface area contributed by atoms with Gasteiger partial charge in [-0.2, -0.15) is 0 Å². The van der Waals surface area contributed by atoms with Crippen molar-refractivity contribution in [2.75, 3.05) is 11.9 Å². The standard InChI is InChI=1S/C23H21ClFN3OS2/c1-27-18-13-14(24)7-12-19(18)30-22(27)20-21(29)28(17-5-3-2-4-6-17)23(31-20)26-16-10-8-15(25)9-11-16/h7-13,17H,2-6H2,1H3. The van der Waals surface area contributed by atoms with Gasteiger partial charge < -0.3 is 4.90 Å². The van der Waals surface area contributed by atoms with Crippen molar-refractivity contribution in [1.29, 1.82) is 0 Å². The van der Waals surface area contributed by atoms with Crippen molar-refractivity contribution in [3.8, 4) is 0 Å².